The van der Waals surface area contributed by atoms with Crippen molar-refractivity contribution in [2.75, 3.05) is 6.54 Å². The highest BCUT2D eigenvalue weighted by Crippen LogP contribution is 2.47. The van der Waals surface area contributed by atoms with Gasteiger partial charge in [0.05, 0.1) is 10.5 Å². The molecule has 4 aromatic rings. The summed E-state index contributed by atoms with van der Waals surface area (Å²) in [6.07, 6.45) is 1.55. The van der Waals surface area contributed by atoms with E-state index < -0.39 is 11.8 Å². The fourth-order valence-corrected chi connectivity index (χ4v) is 4.97. The fraction of sp³-hybridized carbons (Fsp3) is 0.320. The van der Waals surface area contributed by atoms with E-state index in [0.29, 0.717) is 34.0 Å². The van der Waals surface area contributed by atoms with Crippen LogP contribution in [-0.2, 0) is 7.05 Å². The van der Waals surface area contributed by atoms with E-state index in [9.17, 15) is 14.7 Å². The highest BCUT2D eigenvalue weighted by atomic mass is 32.1. The third kappa shape index (κ3) is 4.71. The maximum absolute atomic E-state index is 15.2. The SMILES string of the molecule is CCNC(=O)c1cc2c(-c3sc(C(F)C(C)(C)O)cc3Oc3ncccc3C)cn(C)c(=O)c2[nH]1. The molecule has 0 bridgehead atoms. The minimum Gasteiger partial charge on any atom is -0.437 e. The number of pyridine rings is 2. The lowest BCUT2D eigenvalue weighted by molar-refractivity contribution is -0.00260. The second-order valence-electron chi connectivity index (χ2n) is 8.88. The fourth-order valence-electron chi connectivity index (χ4n) is 3.70. The Morgan fingerprint density at radius 3 is 2.80 bits per heavy atom. The summed E-state index contributed by atoms with van der Waals surface area (Å²) in [5, 5.41) is 13.5. The number of ether oxygens (including phenoxy) is 1. The third-order valence-electron chi connectivity index (χ3n) is 5.55. The van der Waals surface area contributed by atoms with Crippen LogP contribution in [0.15, 0.2) is 41.5 Å². The number of alkyl halides is 1. The average Bonchev–Trinajstić information content (AvgIpc) is 3.42. The van der Waals surface area contributed by atoms with E-state index in [1.807, 2.05) is 13.0 Å². The third-order valence-corrected chi connectivity index (χ3v) is 6.73. The van der Waals surface area contributed by atoms with Crippen LogP contribution >= 0.6 is 11.3 Å². The van der Waals surface area contributed by atoms with Gasteiger partial charge in [0.15, 0.2) is 6.17 Å². The van der Waals surface area contributed by atoms with E-state index in [4.69, 9.17) is 4.74 Å². The molecule has 8 nitrogen and oxygen atoms in total. The minimum atomic E-state index is -1.67. The van der Waals surface area contributed by atoms with E-state index in [1.165, 1.54) is 18.4 Å². The summed E-state index contributed by atoms with van der Waals surface area (Å²) in [5.41, 5.74) is -0.0583. The number of nitrogens with zero attached hydrogens (tertiary/aromatic N) is 2. The monoisotopic (exact) mass is 498 g/mol. The van der Waals surface area contributed by atoms with Crippen molar-refractivity contribution in [1.29, 1.82) is 0 Å². The number of halogens is 1. The van der Waals surface area contributed by atoms with E-state index in [0.717, 1.165) is 16.9 Å². The van der Waals surface area contributed by atoms with Crippen molar-refractivity contribution in [1.82, 2.24) is 19.9 Å². The van der Waals surface area contributed by atoms with E-state index >= 15 is 4.39 Å². The highest BCUT2D eigenvalue weighted by molar-refractivity contribution is 7.16. The molecule has 184 valence electrons. The average molecular weight is 499 g/mol. The maximum atomic E-state index is 15.2. The molecule has 1 atom stereocenters. The van der Waals surface area contributed by atoms with Crippen LogP contribution in [0, 0.1) is 6.92 Å². The zero-order valence-corrected chi connectivity index (χ0v) is 20.9. The molecule has 0 saturated carbocycles. The van der Waals surface area contributed by atoms with Gasteiger partial charge in [0.1, 0.15) is 17.0 Å². The lowest BCUT2D eigenvalue weighted by Gasteiger charge is -2.20. The lowest BCUT2D eigenvalue weighted by atomic mass is 10.0. The summed E-state index contributed by atoms with van der Waals surface area (Å²) in [6, 6.07) is 6.78. The Bertz CT molecular complexity index is 1460. The molecule has 4 aromatic heterocycles. The van der Waals surface area contributed by atoms with Gasteiger partial charge in [-0.25, -0.2) is 9.37 Å². The molecule has 0 aliphatic rings. The van der Waals surface area contributed by atoms with Crippen molar-refractivity contribution in [3.8, 4) is 22.1 Å². The number of aliphatic hydroxyl groups is 1. The molecule has 0 fully saturated rings. The van der Waals surface area contributed by atoms with Crippen molar-refractivity contribution < 1.29 is 19.0 Å². The second kappa shape index (κ2) is 9.27. The first-order valence-electron chi connectivity index (χ1n) is 11.1. The number of fused-ring (bicyclic) bond motifs is 1. The van der Waals surface area contributed by atoms with Gasteiger partial charge in [-0.3, -0.25) is 9.59 Å². The van der Waals surface area contributed by atoms with Crippen molar-refractivity contribution in [2.45, 2.75) is 39.5 Å². The summed E-state index contributed by atoms with van der Waals surface area (Å²) < 4.78 is 22.7. The number of rotatable bonds is 7. The van der Waals surface area contributed by atoms with Gasteiger partial charge in [-0.1, -0.05) is 6.07 Å². The Morgan fingerprint density at radius 2 is 2.14 bits per heavy atom. The van der Waals surface area contributed by atoms with Gasteiger partial charge in [-0.2, -0.15) is 0 Å². The number of amides is 1. The van der Waals surface area contributed by atoms with Gasteiger partial charge in [0.2, 0.25) is 5.88 Å². The standard InChI is InChI=1S/C25H27FN4O4S/c1-6-27-22(31)16-10-14-15(12-30(5)24(32)19(14)29-16)20-17(34-23-13(2)8-7-9-28-23)11-18(35-20)21(26)25(3,4)33/h7-12,21,29,33H,6H2,1-5H3,(H,27,31). The molecule has 10 heteroatoms. The summed E-state index contributed by atoms with van der Waals surface area (Å²) >= 11 is 1.11. The Balaban J connectivity index is 1.95. The number of aromatic amines is 1. The topological polar surface area (TPSA) is 109 Å². The van der Waals surface area contributed by atoms with Crippen LogP contribution < -0.4 is 15.6 Å². The van der Waals surface area contributed by atoms with Crippen LogP contribution in [0.2, 0.25) is 0 Å². The van der Waals surface area contributed by atoms with Crippen molar-refractivity contribution in [3.05, 3.63) is 63.1 Å². The molecular formula is C25H27FN4O4S. The number of nitrogens with one attached hydrogen (secondary N) is 2. The number of carbonyl (C=O) groups excluding carboxylic acids is 1. The molecule has 4 heterocycles. The number of aryl methyl sites for hydroxylation is 2. The molecule has 0 saturated heterocycles. The molecule has 0 aromatic carbocycles. The smallest absolute Gasteiger partial charge is 0.274 e. The molecule has 0 aliphatic heterocycles. The highest BCUT2D eigenvalue weighted by Gasteiger charge is 2.32. The molecule has 3 N–H and O–H groups in total. The molecule has 0 aliphatic carbocycles. The number of hydrogen-bond donors (Lipinski definition) is 3. The molecular weight excluding hydrogens is 471 g/mol. The van der Waals surface area contributed by atoms with Gasteiger partial charge in [-0.15, -0.1) is 11.3 Å². The van der Waals surface area contributed by atoms with Gasteiger partial charge in [0, 0.05) is 47.4 Å². The largest absolute Gasteiger partial charge is 0.437 e. The van der Waals surface area contributed by atoms with E-state index in [-0.39, 0.29) is 27.6 Å². The predicted octanol–water partition coefficient (Wildman–Crippen LogP) is 4.62. The number of thiophene rings is 1. The molecule has 0 spiro atoms. The molecule has 1 unspecified atom stereocenters. The van der Waals surface area contributed by atoms with Crippen LogP contribution in [0.5, 0.6) is 11.6 Å². The van der Waals surface area contributed by atoms with Crippen LogP contribution in [0.3, 0.4) is 0 Å². The van der Waals surface area contributed by atoms with Gasteiger partial charge < -0.3 is 24.7 Å². The summed E-state index contributed by atoms with van der Waals surface area (Å²) in [4.78, 5) is 33.3. The van der Waals surface area contributed by atoms with Crippen LogP contribution in [-0.4, -0.2) is 37.7 Å². The van der Waals surface area contributed by atoms with Crippen LogP contribution in [0.1, 0.15) is 47.9 Å². The summed E-state index contributed by atoms with van der Waals surface area (Å²) in [5.74, 6) is 0.351. The first-order chi connectivity index (χ1) is 16.5. The van der Waals surface area contributed by atoms with Crippen molar-refractivity contribution >= 4 is 28.1 Å². The number of hydrogen-bond acceptors (Lipinski definition) is 6. The van der Waals surface area contributed by atoms with Crippen molar-refractivity contribution in [3.63, 3.8) is 0 Å². The normalized spacial score (nSPS) is 12.7. The van der Waals surface area contributed by atoms with Crippen LogP contribution in [0.4, 0.5) is 4.39 Å². The predicted molar refractivity (Wildman–Crippen MR) is 134 cm³/mol. The molecule has 4 rings (SSSR count). The molecule has 35 heavy (non-hydrogen) atoms. The van der Waals surface area contributed by atoms with Gasteiger partial charge in [0.25, 0.3) is 11.5 Å². The Morgan fingerprint density at radius 1 is 1.40 bits per heavy atom. The second-order valence-corrected chi connectivity index (χ2v) is 9.96. The zero-order chi connectivity index (χ0) is 25.5. The zero-order valence-electron chi connectivity index (χ0n) is 20.1. The molecule has 0 radical (unpaired) electrons. The number of H-pyrrole nitrogens is 1. The number of carbonyl (C=O) groups is 1. The van der Waals surface area contributed by atoms with Crippen molar-refractivity contribution in [2.24, 2.45) is 7.05 Å². The Labute approximate surface area is 205 Å². The van der Waals surface area contributed by atoms with E-state index in [1.54, 1.807) is 44.6 Å². The Hall–Kier alpha value is -3.50. The quantitative estimate of drug-likeness (QED) is 0.344. The van der Waals surface area contributed by atoms with E-state index in [2.05, 4.69) is 15.3 Å². The number of aromatic nitrogens is 3. The van der Waals surface area contributed by atoms with Gasteiger partial charge in [-0.05, 0) is 45.9 Å². The first kappa shape index (κ1) is 24.6. The molecule has 1 amide bonds. The summed E-state index contributed by atoms with van der Waals surface area (Å²) in [7, 11) is 1.60. The first-order valence-corrected chi connectivity index (χ1v) is 11.9. The maximum Gasteiger partial charge on any atom is 0.274 e. The summed E-state index contributed by atoms with van der Waals surface area (Å²) in [6.45, 7) is 6.88. The van der Waals surface area contributed by atoms with Gasteiger partial charge >= 0.3 is 0 Å². The van der Waals surface area contributed by atoms with Crippen LogP contribution in [0.25, 0.3) is 21.3 Å². The Kier molecular flexibility index (Phi) is 6.52. The lowest BCUT2D eigenvalue weighted by Crippen LogP contribution is -2.25. The minimum absolute atomic E-state index is 0.242.